The van der Waals surface area contributed by atoms with E-state index in [1.807, 2.05) is 0 Å². The number of hydrogen-bond donors (Lipinski definition) is 3. The Morgan fingerprint density at radius 1 is 1.08 bits per heavy atom. The van der Waals surface area contributed by atoms with Crippen molar-refractivity contribution in [1.29, 1.82) is 0 Å². The summed E-state index contributed by atoms with van der Waals surface area (Å²) in [6.07, 6.45) is 0. The second-order valence-electron chi connectivity index (χ2n) is 4.77. The zero-order valence-corrected chi connectivity index (χ0v) is 13.2. The van der Waals surface area contributed by atoms with E-state index in [2.05, 4.69) is 5.32 Å². The molecule has 2 amide bonds. The standard InChI is InChI=1S/C15H15N3O5S/c16-15(20)12-6-1-2-7-13(12)23-9-14(19)18-10-4-3-5-11(8-10)24(17,21)22/h1-8H,9H2,(H2,16,20)(H,18,19)(H2,17,21,22). The van der Waals surface area contributed by atoms with Crippen LogP contribution in [0.15, 0.2) is 53.4 Å². The Bertz CT molecular complexity index is 880. The number of rotatable bonds is 6. The molecule has 9 heteroatoms. The Balaban J connectivity index is 2.04. The van der Waals surface area contributed by atoms with Gasteiger partial charge < -0.3 is 15.8 Å². The maximum atomic E-state index is 11.9. The number of hydrogen-bond acceptors (Lipinski definition) is 5. The van der Waals surface area contributed by atoms with Gasteiger partial charge in [-0.2, -0.15) is 0 Å². The van der Waals surface area contributed by atoms with E-state index in [1.165, 1.54) is 36.4 Å². The summed E-state index contributed by atoms with van der Waals surface area (Å²) >= 11 is 0. The molecule has 0 aromatic heterocycles. The van der Waals surface area contributed by atoms with E-state index in [0.29, 0.717) is 0 Å². The molecule has 0 aliphatic rings. The lowest BCUT2D eigenvalue weighted by Crippen LogP contribution is -2.22. The number of anilines is 1. The molecular weight excluding hydrogens is 334 g/mol. The first-order valence-electron chi connectivity index (χ1n) is 6.72. The maximum absolute atomic E-state index is 11.9. The van der Waals surface area contributed by atoms with Crippen LogP contribution >= 0.6 is 0 Å². The third-order valence-electron chi connectivity index (χ3n) is 2.96. The van der Waals surface area contributed by atoms with Gasteiger partial charge in [0, 0.05) is 5.69 Å². The highest BCUT2D eigenvalue weighted by Crippen LogP contribution is 2.17. The zero-order chi connectivity index (χ0) is 17.7. The molecule has 24 heavy (non-hydrogen) atoms. The Kier molecular flexibility index (Phi) is 5.17. The molecule has 0 saturated carbocycles. The van der Waals surface area contributed by atoms with Crippen molar-refractivity contribution in [2.45, 2.75) is 4.90 Å². The smallest absolute Gasteiger partial charge is 0.262 e. The second kappa shape index (κ2) is 7.11. The van der Waals surface area contributed by atoms with Gasteiger partial charge in [0.1, 0.15) is 5.75 Å². The van der Waals surface area contributed by atoms with Crippen molar-refractivity contribution in [2.24, 2.45) is 10.9 Å². The predicted molar refractivity (Wildman–Crippen MR) is 86.9 cm³/mol. The molecule has 0 aliphatic carbocycles. The predicted octanol–water partition coefficient (Wildman–Crippen LogP) is 0.450. The summed E-state index contributed by atoms with van der Waals surface area (Å²) < 4.78 is 27.8. The summed E-state index contributed by atoms with van der Waals surface area (Å²) in [7, 11) is -3.87. The van der Waals surface area contributed by atoms with Crippen LogP contribution in [-0.2, 0) is 14.8 Å². The van der Waals surface area contributed by atoms with E-state index in [0.717, 1.165) is 0 Å². The third-order valence-corrected chi connectivity index (χ3v) is 3.87. The summed E-state index contributed by atoms with van der Waals surface area (Å²) in [4.78, 5) is 23.0. The van der Waals surface area contributed by atoms with Gasteiger partial charge in [-0.05, 0) is 30.3 Å². The molecule has 2 aromatic carbocycles. The number of amides is 2. The molecule has 0 unspecified atom stereocenters. The molecule has 126 valence electrons. The van der Waals surface area contributed by atoms with Gasteiger partial charge in [-0.25, -0.2) is 13.6 Å². The number of nitrogens with two attached hydrogens (primary N) is 2. The number of para-hydroxylation sites is 1. The molecule has 0 aliphatic heterocycles. The number of carbonyl (C=O) groups is 2. The Hall–Kier alpha value is -2.91. The number of primary amides is 1. The van der Waals surface area contributed by atoms with Crippen LogP contribution in [0.5, 0.6) is 5.75 Å². The van der Waals surface area contributed by atoms with E-state index < -0.39 is 21.8 Å². The fraction of sp³-hybridized carbons (Fsp3) is 0.0667. The van der Waals surface area contributed by atoms with Crippen molar-refractivity contribution in [3.8, 4) is 5.75 Å². The summed E-state index contributed by atoms with van der Waals surface area (Å²) in [5.41, 5.74) is 5.62. The van der Waals surface area contributed by atoms with E-state index in [4.69, 9.17) is 15.6 Å². The highest BCUT2D eigenvalue weighted by atomic mass is 32.2. The van der Waals surface area contributed by atoms with E-state index in [9.17, 15) is 18.0 Å². The molecule has 0 bridgehead atoms. The minimum atomic E-state index is -3.87. The van der Waals surface area contributed by atoms with Crippen LogP contribution in [0.25, 0.3) is 0 Å². The molecule has 2 aromatic rings. The first-order valence-corrected chi connectivity index (χ1v) is 8.26. The number of primary sulfonamides is 1. The number of sulfonamides is 1. The summed E-state index contributed by atoms with van der Waals surface area (Å²) in [6, 6.07) is 11.7. The highest BCUT2D eigenvalue weighted by Gasteiger charge is 2.12. The number of carbonyl (C=O) groups excluding carboxylic acids is 2. The van der Waals surface area contributed by atoms with Crippen LogP contribution in [0, 0.1) is 0 Å². The molecule has 5 N–H and O–H groups in total. The van der Waals surface area contributed by atoms with Crippen molar-refractivity contribution < 1.29 is 22.7 Å². The monoisotopic (exact) mass is 349 g/mol. The zero-order valence-electron chi connectivity index (χ0n) is 12.4. The van der Waals surface area contributed by atoms with Gasteiger partial charge in [0.25, 0.3) is 11.8 Å². The van der Waals surface area contributed by atoms with Gasteiger partial charge in [-0.3, -0.25) is 9.59 Å². The van der Waals surface area contributed by atoms with Gasteiger partial charge >= 0.3 is 0 Å². The van der Waals surface area contributed by atoms with Crippen molar-refractivity contribution >= 4 is 27.5 Å². The van der Waals surface area contributed by atoms with Crippen LogP contribution in [0.4, 0.5) is 5.69 Å². The Morgan fingerprint density at radius 3 is 2.46 bits per heavy atom. The molecule has 0 radical (unpaired) electrons. The lowest BCUT2D eigenvalue weighted by Gasteiger charge is -2.10. The van der Waals surface area contributed by atoms with E-state index in [-0.39, 0.29) is 28.5 Å². The fourth-order valence-corrected chi connectivity index (χ4v) is 2.45. The minimum absolute atomic E-state index is 0.125. The van der Waals surface area contributed by atoms with Crippen molar-refractivity contribution in [3.05, 3.63) is 54.1 Å². The summed E-state index contributed by atoms with van der Waals surface area (Å²) in [6.45, 7) is -0.385. The third kappa shape index (κ3) is 4.54. The lowest BCUT2D eigenvalue weighted by molar-refractivity contribution is -0.118. The summed E-state index contributed by atoms with van der Waals surface area (Å²) in [5.74, 6) is -1.04. The second-order valence-corrected chi connectivity index (χ2v) is 6.33. The summed E-state index contributed by atoms with van der Waals surface area (Å²) in [5, 5.41) is 7.50. The molecule has 2 rings (SSSR count). The average Bonchev–Trinajstić information content (AvgIpc) is 2.52. The Morgan fingerprint density at radius 2 is 1.79 bits per heavy atom. The van der Waals surface area contributed by atoms with Crippen molar-refractivity contribution in [2.75, 3.05) is 11.9 Å². The van der Waals surface area contributed by atoms with E-state index in [1.54, 1.807) is 12.1 Å². The fourth-order valence-electron chi connectivity index (χ4n) is 1.89. The first kappa shape index (κ1) is 17.4. The lowest BCUT2D eigenvalue weighted by atomic mass is 10.2. The van der Waals surface area contributed by atoms with Gasteiger partial charge in [0.15, 0.2) is 6.61 Å². The average molecular weight is 349 g/mol. The van der Waals surface area contributed by atoms with Crippen LogP contribution in [-0.4, -0.2) is 26.8 Å². The number of nitrogens with one attached hydrogen (secondary N) is 1. The maximum Gasteiger partial charge on any atom is 0.262 e. The minimum Gasteiger partial charge on any atom is -0.483 e. The topological polar surface area (TPSA) is 142 Å². The van der Waals surface area contributed by atoms with E-state index >= 15 is 0 Å². The Labute approximate surface area is 138 Å². The molecule has 8 nitrogen and oxygen atoms in total. The van der Waals surface area contributed by atoms with Crippen LogP contribution < -0.4 is 20.9 Å². The van der Waals surface area contributed by atoms with Crippen LogP contribution in [0.1, 0.15) is 10.4 Å². The number of benzene rings is 2. The molecular formula is C15H15N3O5S. The van der Waals surface area contributed by atoms with Gasteiger partial charge in [-0.15, -0.1) is 0 Å². The molecule has 0 saturated heterocycles. The highest BCUT2D eigenvalue weighted by molar-refractivity contribution is 7.89. The van der Waals surface area contributed by atoms with Crippen LogP contribution in [0.3, 0.4) is 0 Å². The van der Waals surface area contributed by atoms with Crippen molar-refractivity contribution in [1.82, 2.24) is 0 Å². The van der Waals surface area contributed by atoms with Gasteiger partial charge in [0.05, 0.1) is 10.5 Å². The van der Waals surface area contributed by atoms with Crippen molar-refractivity contribution in [3.63, 3.8) is 0 Å². The van der Waals surface area contributed by atoms with Gasteiger partial charge in [-0.1, -0.05) is 18.2 Å². The molecule has 0 heterocycles. The SMILES string of the molecule is NC(=O)c1ccccc1OCC(=O)Nc1cccc(S(N)(=O)=O)c1. The van der Waals surface area contributed by atoms with Crippen LogP contribution in [0.2, 0.25) is 0 Å². The quantitative estimate of drug-likeness (QED) is 0.694. The normalized spacial score (nSPS) is 10.9. The number of ether oxygens (including phenoxy) is 1. The molecule has 0 spiro atoms. The molecule has 0 fully saturated rings. The van der Waals surface area contributed by atoms with Gasteiger partial charge in [0.2, 0.25) is 10.0 Å². The largest absolute Gasteiger partial charge is 0.483 e. The first-order chi connectivity index (χ1) is 11.3. The molecule has 0 atom stereocenters.